The molecule has 2 rings (SSSR count). The molecule has 0 aromatic rings. The highest BCUT2D eigenvalue weighted by Crippen LogP contribution is 2.31. The van der Waals surface area contributed by atoms with Crippen LogP contribution in [0, 0.1) is 11.8 Å². The minimum Gasteiger partial charge on any atom is -0.299 e. The molecule has 14 heavy (non-hydrogen) atoms. The molecule has 2 saturated carbocycles. The normalized spacial score (nSPS) is 29.4. The van der Waals surface area contributed by atoms with Gasteiger partial charge in [0, 0.05) is 12.3 Å². The molecule has 0 bridgehead atoms. The van der Waals surface area contributed by atoms with Crippen molar-refractivity contribution in [2.45, 2.75) is 51.4 Å². The lowest BCUT2D eigenvalue weighted by Crippen LogP contribution is -2.27. The Morgan fingerprint density at radius 3 is 2.29 bits per heavy atom. The van der Waals surface area contributed by atoms with Crippen molar-refractivity contribution in [3.05, 3.63) is 0 Å². The fourth-order valence-electron chi connectivity index (χ4n) is 2.79. The van der Waals surface area contributed by atoms with Crippen molar-refractivity contribution >= 4 is 11.6 Å². The molecule has 0 aromatic carbocycles. The molecule has 2 fully saturated rings. The minimum absolute atomic E-state index is 0.209. The fourth-order valence-corrected chi connectivity index (χ4v) is 2.79. The van der Waals surface area contributed by atoms with Crippen LogP contribution in [0.25, 0.3) is 0 Å². The molecular formula is C12H18O2. The van der Waals surface area contributed by atoms with Gasteiger partial charge in [0.05, 0.1) is 5.92 Å². The van der Waals surface area contributed by atoms with E-state index in [2.05, 4.69) is 0 Å². The molecule has 78 valence electrons. The van der Waals surface area contributed by atoms with E-state index in [0.717, 1.165) is 25.7 Å². The van der Waals surface area contributed by atoms with Gasteiger partial charge < -0.3 is 0 Å². The van der Waals surface area contributed by atoms with Gasteiger partial charge in [-0.1, -0.05) is 19.3 Å². The predicted octanol–water partition coefficient (Wildman–Crippen LogP) is 2.51. The first-order chi connectivity index (χ1) is 6.79. The lowest BCUT2D eigenvalue weighted by Gasteiger charge is -2.22. The maximum absolute atomic E-state index is 12.0. The maximum atomic E-state index is 12.0. The average Bonchev–Trinajstić information content (AvgIpc) is 2.65. The SMILES string of the molecule is O=C1CCCC1C(=O)C1CCCCC1. The molecule has 2 aliphatic carbocycles. The first-order valence-electron chi connectivity index (χ1n) is 5.85. The highest BCUT2D eigenvalue weighted by Gasteiger charge is 2.35. The number of Topliss-reactive ketones (excluding diaryl/α,β-unsaturated/α-hetero) is 2. The molecule has 0 amide bonds. The van der Waals surface area contributed by atoms with E-state index < -0.39 is 0 Å². The molecule has 0 saturated heterocycles. The number of ketones is 2. The van der Waals surface area contributed by atoms with E-state index in [4.69, 9.17) is 0 Å². The highest BCUT2D eigenvalue weighted by molar-refractivity contribution is 6.04. The number of carbonyl (C=O) groups is 2. The predicted molar refractivity (Wildman–Crippen MR) is 53.9 cm³/mol. The first-order valence-corrected chi connectivity index (χ1v) is 5.85. The Morgan fingerprint density at radius 2 is 1.71 bits per heavy atom. The van der Waals surface area contributed by atoms with Crippen LogP contribution in [0.5, 0.6) is 0 Å². The summed E-state index contributed by atoms with van der Waals surface area (Å²) in [6.07, 6.45) is 8.08. The molecule has 0 radical (unpaired) electrons. The van der Waals surface area contributed by atoms with Crippen molar-refractivity contribution in [3.63, 3.8) is 0 Å². The maximum Gasteiger partial charge on any atom is 0.146 e. The molecule has 0 spiro atoms. The molecule has 2 aliphatic rings. The van der Waals surface area contributed by atoms with Gasteiger partial charge in [-0.25, -0.2) is 0 Å². The summed E-state index contributed by atoms with van der Waals surface area (Å²) < 4.78 is 0. The van der Waals surface area contributed by atoms with Crippen molar-refractivity contribution in [3.8, 4) is 0 Å². The van der Waals surface area contributed by atoms with Gasteiger partial charge in [-0.15, -0.1) is 0 Å². The summed E-state index contributed by atoms with van der Waals surface area (Å²) >= 11 is 0. The van der Waals surface area contributed by atoms with Crippen molar-refractivity contribution in [1.82, 2.24) is 0 Å². The Morgan fingerprint density at radius 1 is 1.00 bits per heavy atom. The molecule has 2 nitrogen and oxygen atoms in total. The number of hydrogen-bond donors (Lipinski definition) is 0. The van der Waals surface area contributed by atoms with Crippen molar-refractivity contribution < 1.29 is 9.59 Å². The number of hydrogen-bond acceptors (Lipinski definition) is 2. The summed E-state index contributed by atoms with van der Waals surface area (Å²) in [5.74, 6) is 0.488. The van der Waals surface area contributed by atoms with Crippen LogP contribution in [-0.2, 0) is 9.59 Å². The van der Waals surface area contributed by atoms with E-state index in [1.807, 2.05) is 0 Å². The second-order valence-electron chi connectivity index (χ2n) is 4.65. The van der Waals surface area contributed by atoms with Crippen molar-refractivity contribution in [2.75, 3.05) is 0 Å². The van der Waals surface area contributed by atoms with Crippen LogP contribution in [-0.4, -0.2) is 11.6 Å². The molecule has 1 unspecified atom stereocenters. The Kier molecular flexibility index (Phi) is 2.99. The van der Waals surface area contributed by atoms with Gasteiger partial charge in [0.2, 0.25) is 0 Å². The number of carbonyl (C=O) groups excluding carboxylic acids is 2. The van der Waals surface area contributed by atoms with Crippen molar-refractivity contribution in [1.29, 1.82) is 0 Å². The van der Waals surface area contributed by atoms with E-state index in [-0.39, 0.29) is 23.4 Å². The zero-order chi connectivity index (χ0) is 9.97. The Balaban J connectivity index is 1.96. The second kappa shape index (κ2) is 4.24. The van der Waals surface area contributed by atoms with Crippen LogP contribution in [0.4, 0.5) is 0 Å². The Labute approximate surface area is 85.1 Å². The first kappa shape index (κ1) is 9.88. The van der Waals surface area contributed by atoms with E-state index in [0.29, 0.717) is 6.42 Å². The van der Waals surface area contributed by atoms with Gasteiger partial charge in [0.15, 0.2) is 0 Å². The summed E-state index contributed by atoms with van der Waals surface area (Å²) in [6.45, 7) is 0. The highest BCUT2D eigenvalue weighted by atomic mass is 16.2. The molecular weight excluding hydrogens is 176 g/mol. The second-order valence-corrected chi connectivity index (χ2v) is 4.65. The van der Waals surface area contributed by atoms with Gasteiger partial charge in [-0.3, -0.25) is 9.59 Å². The smallest absolute Gasteiger partial charge is 0.146 e. The molecule has 0 heterocycles. The van der Waals surface area contributed by atoms with Crippen LogP contribution in [0.15, 0.2) is 0 Å². The third kappa shape index (κ3) is 1.89. The van der Waals surface area contributed by atoms with Gasteiger partial charge >= 0.3 is 0 Å². The lowest BCUT2D eigenvalue weighted by molar-refractivity contribution is -0.134. The molecule has 0 aliphatic heterocycles. The third-order valence-corrected chi connectivity index (χ3v) is 3.66. The third-order valence-electron chi connectivity index (χ3n) is 3.66. The topological polar surface area (TPSA) is 34.1 Å². The Hall–Kier alpha value is -0.660. The summed E-state index contributed by atoms with van der Waals surface area (Å²) in [6, 6.07) is 0. The van der Waals surface area contributed by atoms with Crippen LogP contribution in [0.1, 0.15) is 51.4 Å². The number of rotatable bonds is 2. The molecule has 1 atom stereocenters. The molecule has 2 heteroatoms. The quantitative estimate of drug-likeness (QED) is 0.633. The largest absolute Gasteiger partial charge is 0.299 e. The summed E-state index contributed by atoms with van der Waals surface area (Å²) in [4.78, 5) is 23.4. The fraction of sp³-hybridized carbons (Fsp3) is 0.833. The standard InChI is InChI=1S/C12H18O2/c13-11-8-4-7-10(11)12(14)9-5-2-1-3-6-9/h9-10H,1-8H2. The van der Waals surface area contributed by atoms with Crippen molar-refractivity contribution in [2.24, 2.45) is 11.8 Å². The van der Waals surface area contributed by atoms with E-state index in [1.165, 1.54) is 19.3 Å². The van der Waals surface area contributed by atoms with Gasteiger partial charge in [-0.2, -0.15) is 0 Å². The van der Waals surface area contributed by atoms with Gasteiger partial charge in [0.25, 0.3) is 0 Å². The van der Waals surface area contributed by atoms with E-state index >= 15 is 0 Å². The van der Waals surface area contributed by atoms with Gasteiger partial charge in [-0.05, 0) is 25.7 Å². The average molecular weight is 194 g/mol. The zero-order valence-corrected chi connectivity index (χ0v) is 8.63. The molecule has 0 aromatic heterocycles. The summed E-state index contributed by atoms with van der Waals surface area (Å²) in [5, 5.41) is 0. The van der Waals surface area contributed by atoms with Crippen LogP contribution < -0.4 is 0 Å². The lowest BCUT2D eigenvalue weighted by atomic mass is 9.81. The van der Waals surface area contributed by atoms with Crippen LogP contribution in [0.2, 0.25) is 0 Å². The Bertz CT molecular complexity index is 239. The van der Waals surface area contributed by atoms with Gasteiger partial charge in [0.1, 0.15) is 11.6 Å². The zero-order valence-electron chi connectivity index (χ0n) is 8.63. The van der Waals surface area contributed by atoms with Crippen LogP contribution in [0.3, 0.4) is 0 Å². The summed E-state index contributed by atoms with van der Waals surface area (Å²) in [7, 11) is 0. The molecule has 0 N–H and O–H groups in total. The van der Waals surface area contributed by atoms with E-state index in [1.54, 1.807) is 0 Å². The monoisotopic (exact) mass is 194 g/mol. The summed E-state index contributed by atoms with van der Waals surface area (Å²) in [5.41, 5.74) is 0. The van der Waals surface area contributed by atoms with E-state index in [9.17, 15) is 9.59 Å². The minimum atomic E-state index is -0.210. The van der Waals surface area contributed by atoms with Crippen LogP contribution >= 0.6 is 0 Å².